The van der Waals surface area contributed by atoms with Crippen molar-refractivity contribution in [3.8, 4) is 5.75 Å². The molecule has 0 aliphatic heterocycles. The zero-order chi connectivity index (χ0) is 20.6. The van der Waals surface area contributed by atoms with Crippen molar-refractivity contribution in [2.75, 3.05) is 12.4 Å². The van der Waals surface area contributed by atoms with Crippen LogP contribution in [0.1, 0.15) is 29.7 Å². The largest absolute Gasteiger partial charge is 0.497 e. The van der Waals surface area contributed by atoms with Gasteiger partial charge in [-0.15, -0.1) is 0 Å². The van der Waals surface area contributed by atoms with Crippen molar-refractivity contribution >= 4 is 17.5 Å². The van der Waals surface area contributed by atoms with Crippen LogP contribution in [0.15, 0.2) is 78.9 Å². The van der Waals surface area contributed by atoms with Gasteiger partial charge in [0.15, 0.2) is 0 Å². The highest BCUT2D eigenvalue weighted by Crippen LogP contribution is 2.24. The Morgan fingerprint density at radius 3 is 2.07 bits per heavy atom. The van der Waals surface area contributed by atoms with E-state index in [4.69, 9.17) is 4.74 Å². The van der Waals surface area contributed by atoms with Gasteiger partial charge in [0.25, 0.3) is 0 Å². The molecule has 0 heterocycles. The Labute approximate surface area is 170 Å². The summed E-state index contributed by atoms with van der Waals surface area (Å²) in [5.74, 6) is 0.564. The molecule has 29 heavy (non-hydrogen) atoms. The van der Waals surface area contributed by atoms with E-state index in [0.29, 0.717) is 5.69 Å². The highest BCUT2D eigenvalue weighted by atomic mass is 16.5. The third kappa shape index (κ3) is 5.69. The first-order valence-corrected chi connectivity index (χ1v) is 9.40. The molecule has 5 nitrogen and oxygen atoms in total. The summed E-state index contributed by atoms with van der Waals surface area (Å²) in [6, 6.07) is 24.6. The number of carbonyl (C=O) groups is 2. The molecule has 1 atom stereocenters. The van der Waals surface area contributed by atoms with Gasteiger partial charge in [0.05, 0.1) is 19.6 Å². The Bertz CT molecular complexity index is 952. The van der Waals surface area contributed by atoms with Crippen LogP contribution in [0.5, 0.6) is 5.75 Å². The van der Waals surface area contributed by atoms with Crippen LogP contribution in [0.3, 0.4) is 0 Å². The van der Waals surface area contributed by atoms with Crippen molar-refractivity contribution in [1.29, 1.82) is 0 Å². The molecule has 3 aromatic carbocycles. The molecule has 0 fully saturated rings. The summed E-state index contributed by atoms with van der Waals surface area (Å²) >= 11 is 0. The van der Waals surface area contributed by atoms with Gasteiger partial charge in [-0.2, -0.15) is 0 Å². The third-order valence-electron chi connectivity index (χ3n) is 4.53. The fourth-order valence-electron chi connectivity index (χ4n) is 3.11. The van der Waals surface area contributed by atoms with Gasteiger partial charge in [-0.1, -0.05) is 54.6 Å². The second kappa shape index (κ2) is 9.55. The van der Waals surface area contributed by atoms with Gasteiger partial charge in [-0.05, 0) is 41.0 Å². The summed E-state index contributed by atoms with van der Waals surface area (Å²) in [4.78, 5) is 23.9. The van der Waals surface area contributed by atoms with E-state index in [1.54, 1.807) is 19.2 Å². The van der Waals surface area contributed by atoms with E-state index in [2.05, 4.69) is 10.6 Å². The highest BCUT2D eigenvalue weighted by Gasteiger charge is 2.17. The molecule has 0 aromatic heterocycles. The minimum Gasteiger partial charge on any atom is -0.497 e. The van der Waals surface area contributed by atoms with Crippen molar-refractivity contribution in [2.45, 2.75) is 19.4 Å². The van der Waals surface area contributed by atoms with Gasteiger partial charge >= 0.3 is 0 Å². The van der Waals surface area contributed by atoms with E-state index in [0.717, 1.165) is 22.4 Å². The Hall–Kier alpha value is -3.60. The lowest BCUT2D eigenvalue weighted by Crippen LogP contribution is -2.30. The molecule has 3 rings (SSSR count). The molecular weight excluding hydrogens is 364 g/mol. The Morgan fingerprint density at radius 1 is 0.862 bits per heavy atom. The number of rotatable bonds is 7. The quantitative estimate of drug-likeness (QED) is 0.640. The number of ether oxygens (including phenoxy) is 1. The monoisotopic (exact) mass is 388 g/mol. The molecular formula is C24H24N2O3. The van der Waals surface area contributed by atoms with E-state index in [-0.39, 0.29) is 24.3 Å². The van der Waals surface area contributed by atoms with Gasteiger partial charge in [0, 0.05) is 12.6 Å². The lowest BCUT2D eigenvalue weighted by atomic mass is 9.98. The lowest BCUT2D eigenvalue weighted by molar-refractivity contribution is -0.121. The first kappa shape index (κ1) is 20.1. The minimum atomic E-state index is -0.256. The molecule has 1 unspecified atom stereocenters. The Balaban J connectivity index is 1.74. The first-order chi connectivity index (χ1) is 14.0. The Kier molecular flexibility index (Phi) is 6.63. The highest BCUT2D eigenvalue weighted by molar-refractivity contribution is 5.88. The van der Waals surface area contributed by atoms with Crippen LogP contribution in [0.25, 0.3) is 0 Å². The SMILES string of the molecule is COc1ccc(C(NC(=O)Cc2ccc(NC(C)=O)cc2)c2ccccc2)cc1. The molecule has 148 valence electrons. The molecule has 0 radical (unpaired) electrons. The van der Waals surface area contributed by atoms with Crippen LogP contribution < -0.4 is 15.4 Å². The van der Waals surface area contributed by atoms with Crippen LogP contribution >= 0.6 is 0 Å². The van der Waals surface area contributed by atoms with Crippen LogP contribution in [0.4, 0.5) is 5.69 Å². The number of methoxy groups -OCH3 is 1. The number of benzene rings is 3. The zero-order valence-corrected chi connectivity index (χ0v) is 16.5. The topological polar surface area (TPSA) is 67.4 Å². The maximum Gasteiger partial charge on any atom is 0.225 e. The summed E-state index contributed by atoms with van der Waals surface area (Å²) in [7, 11) is 1.63. The fourth-order valence-corrected chi connectivity index (χ4v) is 3.11. The van der Waals surface area contributed by atoms with Gasteiger partial charge in [-0.3, -0.25) is 9.59 Å². The number of amides is 2. The maximum atomic E-state index is 12.7. The van der Waals surface area contributed by atoms with Crippen molar-refractivity contribution in [1.82, 2.24) is 5.32 Å². The molecule has 0 aliphatic rings. The van der Waals surface area contributed by atoms with E-state index >= 15 is 0 Å². The van der Waals surface area contributed by atoms with Crippen molar-refractivity contribution in [3.05, 3.63) is 95.6 Å². The minimum absolute atomic E-state index is 0.0815. The predicted molar refractivity (Wildman–Crippen MR) is 114 cm³/mol. The van der Waals surface area contributed by atoms with Crippen molar-refractivity contribution < 1.29 is 14.3 Å². The lowest BCUT2D eigenvalue weighted by Gasteiger charge is -2.20. The van der Waals surface area contributed by atoms with E-state index < -0.39 is 0 Å². The molecule has 0 spiro atoms. The second-order valence-corrected chi connectivity index (χ2v) is 6.74. The summed E-state index contributed by atoms with van der Waals surface area (Å²) in [5.41, 5.74) is 3.57. The van der Waals surface area contributed by atoms with E-state index in [1.807, 2.05) is 66.7 Å². The molecule has 0 bridgehead atoms. The van der Waals surface area contributed by atoms with Crippen LogP contribution in [-0.4, -0.2) is 18.9 Å². The molecule has 2 N–H and O–H groups in total. The summed E-state index contributed by atoms with van der Waals surface area (Å²) in [6.07, 6.45) is 0.250. The molecule has 3 aromatic rings. The predicted octanol–water partition coefficient (Wildman–Crippen LogP) is 4.10. The normalized spacial score (nSPS) is 11.4. The molecule has 0 saturated carbocycles. The average Bonchev–Trinajstić information content (AvgIpc) is 2.74. The second-order valence-electron chi connectivity index (χ2n) is 6.74. The average molecular weight is 388 g/mol. The van der Waals surface area contributed by atoms with Crippen molar-refractivity contribution in [2.24, 2.45) is 0 Å². The smallest absolute Gasteiger partial charge is 0.225 e. The Morgan fingerprint density at radius 2 is 1.48 bits per heavy atom. The zero-order valence-electron chi connectivity index (χ0n) is 16.5. The number of hydrogen-bond donors (Lipinski definition) is 2. The third-order valence-corrected chi connectivity index (χ3v) is 4.53. The van der Waals surface area contributed by atoms with Crippen LogP contribution in [-0.2, 0) is 16.0 Å². The van der Waals surface area contributed by atoms with Gasteiger partial charge < -0.3 is 15.4 Å². The summed E-state index contributed by atoms with van der Waals surface area (Å²) in [6.45, 7) is 1.46. The van der Waals surface area contributed by atoms with Crippen LogP contribution in [0.2, 0.25) is 0 Å². The molecule has 0 aliphatic carbocycles. The van der Waals surface area contributed by atoms with Gasteiger partial charge in [0.2, 0.25) is 11.8 Å². The number of hydrogen-bond acceptors (Lipinski definition) is 3. The van der Waals surface area contributed by atoms with E-state index in [9.17, 15) is 9.59 Å². The molecule has 0 saturated heterocycles. The van der Waals surface area contributed by atoms with Gasteiger partial charge in [-0.25, -0.2) is 0 Å². The fraction of sp³-hybridized carbons (Fsp3) is 0.167. The van der Waals surface area contributed by atoms with E-state index in [1.165, 1.54) is 6.92 Å². The first-order valence-electron chi connectivity index (χ1n) is 9.40. The number of anilines is 1. The van der Waals surface area contributed by atoms with Crippen molar-refractivity contribution in [3.63, 3.8) is 0 Å². The maximum absolute atomic E-state index is 12.7. The van der Waals surface area contributed by atoms with Gasteiger partial charge in [0.1, 0.15) is 5.75 Å². The summed E-state index contributed by atoms with van der Waals surface area (Å²) in [5, 5.41) is 5.85. The molecule has 2 amide bonds. The molecule has 5 heteroatoms. The number of carbonyl (C=O) groups excluding carboxylic acids is 2. The number of nitrogens with one attached hydrogen (secondary N) is 2. The standard InChI is InChI=1S/C24H24N2O3/c1-17(27)25-21-12-8-18(9-13-21)16-23(28)26-24(19-6-4-3-5-7-19)20-10-14-22(29-2)15-11-20/h3-15,24H,16H2,1-2H3,(H,25,27)(H,26,28). The summed E-state index contributed by atoms with van der Waals surface area (Å²) < 4.78 is 5.23. The van der Waals surface area contributed by atoms with Crippen LogP contribution in [0, 0.1) is 0 Å².